The lowest BCUT2D eigenvalue weighted by Crippen LogP contribution is -2.54. The number of ether oxygens (including phenoxy) is 1. The summed E-state index contributed by atoms with van der Waals surface area (Å²) < 4.78 is 5.28. The zero-order valence-corrected chi connectivity index (χ0v) is 16.3. The number of halogens is 1. The Morgan fingerprint density at radius 1 is 1.20 bits per heavy atom. The molecule has 1 aliphatic heterocycles. The maximum absolute atomic E-state index is 12.9. The van der Waals surface area contributed by atoms with Crippen molar-refractivity contribution in [1.29, 1.82) is 0 Å². The number of anilines is 1. The first-order chi connectivity index (χ1) is 14.2. The molecule has 0 aliphatic carbocycles. The summed E-state index contributed by atoms with van der Waals surface area (Å²) in [4.78, 5) is 49.1. The predicted molar refractivity (Wildman–Crippen MR) is 107 cm³/mol. The number of carboxylic acid groups (broad SMARTS) is 1. The standard InChI is InChI=1S/C20H15ClN2O7/c1-2-30-15-9-10(8-14(21)16(15)24)7-13-17(25)22-20(29)23(18(13)26)12-5-3-11(4-6-12)19(27)28/h3-9,24H,2H2,1H3,(H,27,28)(H,22,25,29)/b13-7+. The molecule has 9 nitrogen and oxygen atoms in total. The van der Waals surface area contributed by atoms with Gasteiger partial charge in [-0.15, -0.1) is 0 Å². The molecule has 0 radical (unpaired) electrons. The molecule has 3 N–H and O–H groups in total. The van der Waals surface area contributed by atoms with Crippen LogP contribution >= 0.6 is 11.6 Å². The summed E-state index contributed by atoms with van der Waals surface area (Å²) in [6, 6.07) is 6.76. The Labute approximate surface area is 175 Å². The Balaban J connectivity index is 2.01. The Bertz CT molecular complexity index is 1090. The van der Waals surface area contributed by atoms with Crippen molar-refractivity contribution in [2.45, 2.75) is 6.92 Å². The smallest absolute Gasteiger partial charge is 0.335 e. The average molecular weight is 431 g/mol. The summed E-state index contributed by atoms with van der Waals surface area (Å²) in [7, 11) is 0. The maximum atomic E-state index is 12.9. The van der Waals surface area contributed by atoms with Gasteiger partial charge >= 0.3 is 12.0 Å². The number of hydrogen-bond donors (Lipinski definition) is 3. The van der Waals surface area contributed by atoms with E-state index < -0.39 is 23.8 Å². The molecule has 4 amide bonds. The van der Waals surface area contributed by atoms with Gasteiger partial charge in [0.1, 0.15) is 5.57 Å². The number of nitrogens with zero attached hydrogens (tertiary/aromatic N) is 1. The molecule has 1 saturated heterocycles. The van der Waals surface area contributed by atoms with E-state index in [1.807, 2.05) is 0 Å². The minimum atomic E-state index is -1.17. The van der Waals surface area contributed by atoms with Gasteiger partial charge in [0.2, 0.25) is 0 Å². The molecule has 1 heterocycles. The normalized spacial score (nSPS) is 15.3. The summed E-state index contributed by atoms with van der Waals surface area (Å²) in [6.07, 6.45) is 1.20. The lowest BCUT2D eigenvalue weighted by Gasteiger charge is -2.26. The number of amides is 4. The molecule has 0 spiro atoms. The first-order valence-electron chi connectivity index (χ1n) is 8.63. The highest BCUT2D eigenvalue weighted by atomic mass is 35.5. The number of barbiturate groups is 1. The number of aromatic hydroxyl groups is 1. The monoisotopic (exact) mass is 430 g/mol. The van der Waals surface area contributed by atoms with Crippen molar-refractivity contribution in [1.82, 2.24) is 5.32 Å². The number of urea groups is 1. The van der Waals surface area contributed by atoms with Crippen molar-refractivity contribution >= 4 is 47.2 Å². The molecule has 154 valence electrons. The average Bonchev–Trinajstić information content (AvgIpc) is 2.69. The summed E-state index contributed by atoms with van der Waals surface area (Å²) >= 11 is 5.98. The zero-order chi connectivity index (χ0) is 22.0. The second-order valence-corrected chi connectivity index (χ2v) is 6.50. The van der Waals surface area contributed by atoms with Crippen LogP contribution in [0.5, 0.6) is 11.5 Å². The Hall–Kier alpha value is -3.85. The number of phenolic OH excluding ortho intramolecular Hbond substituents is 1. The van der Waals surface area contributed by atoms with Crippen molar-refractivity contribution < 1.29 is 34.1 Å². The number of hydrogen-bond acceptors (Lipinski definition) is 6. The minimum Gasteiger partial charge on any atom is -0.503 e. The van der Waals surface area contributed by atoms with E-state index >= 15 is 0 Å². The number of carbonyl (C=O) groups excluding carboxylic acids is 3. The Kier molecular flexibility index (Phi) is 5.74. The van der Waals surface area contributed by atoms with Crippen LogP contribution in [0.15, 0.2) is 42.0 Å². The molecule has 0 unspecified atom stereocenters. The van der Waals surface area contributed by atoms with Crippen LogP contribution in [-0.2, 0) is 9.59 Å². The van der Waals surface area contributed by atoms with Gasteiger partial charge in [0.15, 0.2) is 11.5 Å². The van der Waals surface area contributed by atoms with E-state index in [2.05, 4.69) is 5.32 Å². The van der Waals surface area contributed by atoms with Crippen LogP contribution in [0.3, 0.4) is 0 Å². The third-order valence-corrected chi connectivity index (χ3v) is 4.42. The van der Waals surface area contributed by atoms with Crippen molar-refractivity contribution in [3.8, 4) is 11.5 Å². The van der Waals surface area contributed by atoms with E-state index in [0.29, 0.717) is 4.90 Å². The number of aromatic carboxylic acids is 1. The fraction of sp³-hybridized carbons (Fsp3) is 0.100. The van der Waals surface area contributed by atoms with Gasteiger partial charge in [-0.1, -0.05) is 11.6 Å². The predicted octanol–water partition coefficient (Wildman–Crippen LogP) is 2.81. The number of carboxylic acids is 1. The number of carbonyl (C=O) groups is 4. The van der Waals surface area contributed by atoms with E-state index in [4.69, 9.17) is 21.4 Å². The van der Waals surface area contributed by atoms with Crippen LogP contribution in [0, 0.1) is 0 Å². The lowest BCUT2D eigenvalue weighted by molar-refractivity contribution is -0.122. The van der Waals surface area contributed by atoms with E-state index in [0.717, 1.165) is 0 Å². The van der Waals surface area contributed by atoms with Crippen LogP contribution in [-0.4, -0.2) is 40.6 Å². The van der Waals surface area contributed by atoms with Gasteiger partial charge in [-0.3, -0.25) is 14.9 Å². The van der Waals surface area contributed by atoms with Gasteiger partial charge in [-0.25, -0.2) is 14.5 Å². The highest BCUT2D eigenvalue weighted by molar-refractivity contribution is 6.39. The molecule has 2 aromatic carbocycles. The van der Waals surface area contributed by atoms with Crippen LogP contribution in [0.25, 0.3) is 6.08 Å². The molecular weight excluding hydrogens is 416 g/mol. The fourth-order valence-electron chi connectivity index (χ4n) is 2.75. The van der Waals surface area contributed by atoms with Gasteiger partial charge < -0.3 is 14.9 Å². The summed E-state index contributed by atoms with van der Waals surface area (Å²) in [5.74, 6) is -3.20. The molecule has 0 aromatic heterocycles. The molecule has 0 saturated carbocycles. The summed E-state index contributed by atoms with van der Waals surface area (Å²) in [6.45, 7) is 1.95. The maximum Gasteiger partial charge on any atom is 0.335 e. The molecular formula is C20H15ClN2O7. The molecule has 2 aromatic rings. The first-order valence-corrected chi connectivity index (χ1v) is 9.00. The van der Waals surface area contributed by atoms with Crippen molar-refractivity contribution in [3.05, 3.63) is 58.1 Å². The van der Waals surface area contributed by atoms with Crippen LogP contribution in [0.4, 0.5) is 10.5 Å². The van der Waals surface area contributed by atoms with Gasteiger partial charge in [-0.05, 0) is 55.0 Å². The van der Waals surface area contributed by atoms with Crippen molar-refractivity contribution in [2.75, 3.05) is 11.5 Å². The summed E-state index contributed by atoms with van der Waals surface area (Å²) in [5.41, 5.74) is -0.0197. The van der Waals surface area contributed by atoms with Crippen LogP contribution in [0.2, 0.25) is 5.02 Å². The second kappa shape index (κ2) is 8.26. The van der Waals surface area contributed by atoms with Gasteiger partial charge in [0.25, 0.3) is 11.8 Å². The van der Waals surface area contributed by atoms with Crippen LogP contribution < -0.4 is 15.0 Å². The van der Waals surface area contributed by atoms with E-state index in [9.17, 15) is 24.3 Å². The fourth-order valence-corrected chi connectivity index (χ4v) is 2.97. The second-order valence-electron chi connectivity index (χ2n) is 6.09. The van der Waals surface area contributed by atoms with Gasteiger partial charge in [-0.2, -0.15) is 0 Å². The number of imide groups is 2. The third kappa shape index (κ3) is 3.96. The third-order valence-electron chi connectivity index (χ3n) is 4.14. The van der Waals surface area contributed by atoms with E-state index in [-0.39, 0.29) is 45.5 Å². The van der Waals surface area contributed by atoms with Gasteiger partial charge in [0.05, 0.1) is 22.9 Å². The molecule has 30 heavy (non-hydrogen) atoms. The van der Waals surface area contributed by atoms with Crippen molar-refractivity contribution in [2.24, 2.45) is 0 Å². The summed E-state index contributed by atoms with van der Waals surface area (Å²) in [5, 5.41) is 20.9. The number of nitrogens with one attached hydrogen (secondary N) is 1. The first kappa shape index (κ1) is 20.9. The number of rotatable bonds is 5. The number of phenols is 1. The zero-order valence-electron chi connectivity index (χ0n) is 15.5. The molecule has 0 atom stereocenters. The quantitative estimate of drug-likeness (QED) is 0.490. The Morgan fingerprint density at radius 2 is 1.87 bits per heavy atom. The SMILES string of the molecule is CCOc1cc(/C=C2\C(=O)NC(=O)N(c3ccc(C(=O)O)cc3)C2=O)cc(Cl)c1O. The van der Waals surface area contributed by atoms with Gasteiger partial charge in [0, 0.05) is 0 Å². The lowest BCUT2D eigenvalue weighted by atomic mass is 10.1. The highest BCUT2D eigenvalue weighted by Crippen LogP contribution is 2.36. The molecule has 10 heteroatoms. The topological polar surface area (TPSA) is 133 Å². The number of benzene rings is 2. The Morgan fingerprint density at radius 3 is 2.47 bits per heavy atom. The largest absolute Gasteiger partial charge is 0.503 e. The minimum absolute atomic E-state index is 0.0300. The highest BCUT2D eigenvalue weighted by Gasteiger charge is 2.37. The van der Waals surface area contributed by atoms with E-state index in [1.54, 1.807) is 6.92 Å². The molecule has 3 rings (SSSR count). The van der Waals surface area contributed by atoms with Crippen LogP contribution in [0.1, 0.15) is 22.8 Å². The van der Waals surface area contributed by atoms with E-state index in [1.165, 1.54) is 42.5 Å². The molecule has 0 bridgehead atoms. The van der Waals surface area contributed by atoms with Crippen molar-refractivity contribution in [3.63, 3.8) is 0 Å². The molecule has 1 aliphatic rings. The molecule has 1 fully saturated rings.